The lowest BCUT2D eigenvalue weighted by atomic mass is 9.77. The zero-order valence-corrected chi connectivity index (χ0v) is 39.8. The minimum Gasteiger partial charge on any atom is -0.282 e. The molecule has 1 aromatic carbocycles. The molecule has 0 aromatic heterocycles. The molecule has 0 aliphatic carbocycles. The van der Waals surface area contributed by atoms with Crippen molar-refractivity contribution in [3.63, 3.8) is 0 Å². The third-order valence-corrected chi connectivity index (χ3v) is 14.2. The summed E-state index contributed by atoms with van der Waals surface area (Å²) in [5, 5.41) is 0.521. The van der Waals surface area contributed by atoms with E-state index in [1.54, 1.807) is 12.1 Å². The molecule has 0 amide bonds. The molecule has 55 heavy (non-hydrogen) atoms. The van der Waals surface area contributed by atoms with E-state index in [9.17, 15) is 13.0 Å². The highest BCUT2D eigenvalue weighted by Gasteiger charge is 2.32. The van der Waals surface area contributed by atoms with E-state index < -0.39 is 10.1 Å². The van der Waals surface area contributed by atoms with Crippen molar-refractivity contribution >= 4 is 19.4 Å². The predicted octanol–water partition coefficient (Wildman–Crippen LogP) is 17.8. The van der Waals surface area contributed by atoms with Gasteiger partial charge in [0.05, 0.1) is 4.90 Å². The van der Waals surface area contributed by atoms with Crippen LogP contribution in [0.25, 0.3) is 0 Å². The molecule has 1 N–H and O–H groups in total. The van der Waals surface area contributed by atoms with Gasteiger partial charge in [0.15, 0.2) is 0 Å². The number of hydrogen-bond donors (Lipinski definition) is 1. The number of benzene rings is 1. The second-order valence-corrected chi connectivity index (χ2v) is 19.9. The Morgan fingerprint density at radius 3 is 1.16 bits per heavy atom. The Kier molecular flexibility index (Phi) is 38.7. The van der Waals surface area contributed by atoms with E-state index in [0.717, 1.165) is 24.3 Å². The van der Waals surface area contributed by atoms with Crippen molar-refractivity contribution in [3.8, 4) is 0 Å². The Labute approximate surface area is 348 Å². The number of unbranched alkanes of at least 4 members (excludes halogenated alkanes) is 27. The molecule has 3 nitrogen and oxygen atoms in total. The van der Waals surface area contributed by atoms with Crippen molar-refractivity contribution in [2.45, 2.75) is 282 Å². The van der Waals surface area contributed by atoms with Gasteiger partial charge in [-0.15, -0.1) is 9.24 Å². The van der Waals surface area contributed by atoms with E-state index in [0.29, 0.717) is 11.6 Å². The smallest absolute Gasteiger partial charge is 0.282 e. The van der Waals surface area contributed by atoms with E-state index in [-0.39, 0.29) is 4.90 Å². The lowest BCUT2D eigenvalue weighted by Gasteiger charge is -2.39. The fourth-order valence-electron chi connectivity index (χ4n) is 8.47. The van der Waals surface area contributed by atoms with Crippen molar-refractivity contribution in [1.29, 1.82) is 0 Å². The molecule has 2 unspecified atom stereocenters. The maximum absolute atomic E-state index is 11.3. The summed E-state index contributed by atoms with van der Waals surface area (Å²) in [5.74, 6) is 0.941. The van der Waals surface area contributed by atoms with Gasteiger partial charge in [-0.25, -0.2) is 0 Å². The van der Waals surface area contributed by atoms with E-state index in [4.69, 9.17) is 0 Å². The zero-order valence-electron chi connectivity index (χ0n) is 37.8. The second kappa shape index (κ2) is 39.0. The standard InChI is InChI=1S/C32H67P.C18H30O3S/c1-5-9-13-17-18-19-20-21-22-24-28-31(27-23-14-10-6-2)32(33,29-25-15-11-7-3)30-26-16-12-8-4;1-2-3-4-5-6-7-8-9-10-11-14-17-15-12-13-16-18(17)22(19,20)21/h31H,5-30,33H2,1-4H3;12-13,15-16H,2-11,14H2,1H3,(H,19,20,21). The first kappa shape index (κ1) is 54.6. The Morgan fingerprint density at radius 1 is 0.473 bits per heavy atom. The Morgan fingerprint density at radius 2 is 0.782 bits per heavy atom. The van der Waals surface area contributed by atoms with Gasteiger partial charge in [-0.05, 0) is 61.2 Å². The van der Waals surface area contributed by atoms with Gasteiger partial charge in [-0.1, -0.05) is 252 Å². The molecule has 1 aromatic rings. The summed E-state index contributed by atoms with van der Waals surface area (Å²) in [6.45, 7) is 11.6. The largest absolute Gasteiger partial charge is 0.294 e. The molecule has 1 rings (SSSR count). The van der Waals surface area contributed by atoms with E-state index >= 15 is 0 Å². The fraction of sp³-hybridized carbons (Fsp3) is 0.880. The second-order valence-electron chi connectivity index (χ2n) is 17.4. The maximum atomic E-state index is 11.3. The topological polar surface area (TPSA) is 54.4 Å². The minimum absolute atomic E-state index is 0.0610. The highest BCUT2D eigenvalue weighted by Crippen LogP contribution is 2.44. The maximum Gasteiger partial charge on any atom is 0.294 e. The monoisotopic (exact) mass is 809 g/mol. The van der Waals surface area contributed by atoms with Crippen LogP contribution < -0.4 is 0 Å². The van der Waals surface area contributed by atoms with Crippen LogP contribution in [0.2, 0.25) is 0 Å². The van der Waals surface area contributed by atoms with Crippen LogP contribution in [0.4, 0.5) is 0 Å². The molecule has 0 saturated heterocycles. The van der Waals surface area contributed by atoms with E-state index in [1.807, 2.05) is 6.07 Å². The lowest BCUT2D eigenvalue weighted by Crippen LogP contribution is -2.32. The molecule has 2 atom stereocenters. The van der Waals surface area contributed by atoms with Gasteiger partial charge in [0.2, 0.25) is 0 Å². The first-order valence-electron chi connectivity index (χ1n) is 24.5. The van der Waals surface area contributed by atoms with Gasteiger partial charge >= 0.3 is 0 Å². The van der Waals surface area contributed by atoms with Crippen LogP contribution in [0.15, 0.2) is 29.2 Å². The van der Waals surface area contributed by atoms with Crippen molar-refractivity contribution in [1.82, 2.24) is 0 Å². The van der Waals surface area contributed by atoms with Crippen molar-refractivity contribution < 1.29 is 13.0 Å². The van der Waals surface area contributed by atoms with Crippen molar-refractivity contribution in [2.75, 3.05) is 0 Å². The quantitative estimate of drug-likeness (QED) is 0.0409. The molecule has 0 heterocycles. The molecule has 5 heteroatoms. The van der Waals surface area contributed by atoms with Gasteiger partial charge < -0.3 is 0 Å². The highest BCUT2D eigenvalue weighted by atomic mass is 32.2. The summed E-state index contributed by atoms with van der Waals surface area (Å²) < 4.78 is 31.8. The van der Waals surface area contributed by atoms with Crippen LogP contribution >= 0.6 is 9.24 Å². The number of rotatable bonds is 39. The molecule has 0 fully saturated rings. The average molecular weight is 809 g/mol. The number of aryl methyl sites for hydroxylation is 1. The third-order valence-electron chi connectivity index (χ3n) is 12.2. The summed E-state index contributed by atoms with van der Waals surface area (Å²) in [4.78, 5) is 0.0610. The minimum atomic E-state index is -4.10. The molecule has 0 saturated carbocycles. The van der Waals surface area contributed by atoms with E-state index in [1.165, 1.54) is 224 Å². The SMILES string of the molecule is CCCCCCCCCCCCC(CCCCCC)C(P)(CCCCCC)CCCCCC.CCCCCCCCCCCCc1ccccc1S(=O)(=O)O. The Hall–Kier alpha value is -0.440. The lowest BCUT2D eigenvalue weighted by molar-refractivity contribution is 0.270. The average Bonchev–Trinajstić information content (AvgIpc) is 3.17. The Balaban J connectivity index is 0.00000115. The third kappa shape index (κ3) is 32.1. The molecule has 0 bridgehead atoms. The van der Waals surface area contributed by atoms with Crippen molar-refractivity contribution in [3.05, 3.63) is 29.8 Å². The number of hydrogen-bond acceptors (Lipinski definition) is 2. The van der Waals surface area contributed by atoms with Gasteiger partial charge in [-0.3, -0.25) is 4.55 Å². The van der Waals surface area contributed by atoms with Crippen LogP contribution in [-0.4, -0.2) is 18.1 Å². The van der Waals surface area contributed by atoms with Gasteiger partial charge in [0.1, 0.15) is 0 Å². The summed E-state index contributed by atoms with van der Waals surface area (Å²) in [6, 6.07) is 6.73. The summed E-state index contributed by atoms with van der Waals surface area (Å²) >= 11 is 0. The van der Waals surface area contributed by atoms with E-state index in [2.05, 4.69) is 43.9 Å². The highest BCUT2D eigenvalue weighted by molar-refractivity contribution is 7.85. The summed E-state index contributed by atoms with van der Waals surface area (Å²) in [7, 11) is -0.611. The fourth-order valence-corrected chi connectivity index (χ4v) is 9.97. The van der Waals surface area contributed by atoms with Crippen LogP contribution in [0.5, 0.6) is 0 Å². The first-order valence-corrected chi connectivity index (χ1v) is 26.6. The van der Waals surface area contributed by atoms with Gasteiger partial charge in [-0.2, -0.15) is 8.42 Å². The zero-order chi connectivity index (χ0) is 40.7. The predicted molar refractivity (Wildman–Crippen MR) is 250 cm³/mol. The molecule has 326 valence electrons. The summed E-state index contributed by atoms with van der Waals surface area (Å²) in [6.07, 6.45) is 50.9. The molecule has 0 aliphatic heterocycles. The van der Waals surface area contributed by atoms with Crippen LogP contribution in [-0.2, 0) is 16.5 Å². The van der Waals surface area contributed by atoms with Crippen LogP contribution in [0.1, 0.15) is 271 Å². The van der Waals surface area contributed by atoms with Gasteiger partial charge in [0.25, 0.3) is 10.1 Å². The first-order chi connectivity index (χ1) is 26.7. The molecule has 0 radical (unpaired) electrons. The molecule has 0 spiro atoms. The van der Waals surface area contributed by atoms with Crippen molar-refractivity contribution in [2.24, 2.45) is 5.92 Å². The summed E-state index contributed by atoms with van der Waals surface area (Å²) in [5.41, 5.74) is 0.726. The van der Waals surface area contributed by atoms with Crippen LogP contribution in [0.3, 0.4) is 0 Å². The Bertz CT molecular complexity index is 1030. The normalized spacial score (nSPS) is 12.5. The molecule has 0 aliphatic rings. The van der Waals surface area contributed by atoms with Crippen LogP contribution in [0, 0.1) is 5.92 Å². The van der Waals surface area contributed by atoms with Gasteiger partial charge in [0, 0.05) is 0 Å². The molecular formula is C50H97O3PS. The molecular weight excluding hydrogens is 712 g/mol.